The van der Waals surface area contributed by atoms with Crippen molar-refractivity contribution in [1.29, 1.82) is 0 Å². The monoisotopic (exact) mass is 347 g/mol. The number of amides is 2. The first-order chi connectivity index (χ1) is 10.6. The van der Waals surface area contributed by atoms with E-state index in [4.69, 9.17) is 5.11 Å². The van der Waals surface area contributed by atoms with Gasteiger partial charge < -0.3 is 10.0 Å². The first-order valence-corrected chi connectivity index (χ1v) is 6.82. The van der Waals surface area contributed by atoms with E-state index in [2.05, 4.69) is 22.9 Å². The molecule has 23 heavy (non-hydrogen) atoms. The van der Waals surface area contributed by atoms with E-state index >= 15 is 0 Å². The van der Waals surface area contributed by atoms with Crippen molar-refractivity contribution in [2.45, 2.75) is 13.1 Å². The van der Waals surface area contributed by atoms with Gasteiger partial charge in [0.05, 0.1) is 6.61 Å². The van der Waals surface area contributed by atoms with Gasteiger partial charge in [-0.1, -0.05) is 0 Å². The Morgan fingerprint density at radius 3 is 2.26 bits per heavy atom. The van der Waals surface area contributed by atoms with Crippen molar-refractivity contribution in [3.05, 3.63) is 34.7 Å². The van der Waals surface area contributed by atoms with Gasteiger partial charge >= 0.3 is 6.18 Å². The number of alkyl halides is 3. The molecule has 1 fully saturated rings. The van der Waals surface area contributed by atoms with Gasteiger partial charge in [-0.05, 0) is 36.9 Å². The molecule has 0 aromatic carbocycles. The van der Waals surface area contributed by atoms with Gasteiger partial charge in [0, 0.05) is 12.2 Å². The van der Waals surface area contributed by atoms with Crippen molar-refractivity contribution < 1.29 is 27.9 Å². The van der Waals surface area contributed by atoms with Crippen LogP contribution in [0.3, 0.4) is 0 Å². The van der Waals surface area contributed by atoms with Crippen molar-refractivity contribution in [3.63, 3.8) is 0 Å². The fraction of sp³-hybridized carbons (Fsp3) is 0.308. The lowest BCUT2D eigenvalue weighted by Gasteiger charge is -2.32. The summed E-state index contributed by atoms with van der Waals surface area (Å²) < 4.78 is 39.7. The molecule has 2 rings (SSSR count). The topological polar surface area (TPSA) is 81.7 Å². The molecule has 0 saturated carbocycles. The zero-order chi connectivity index (χ0) is 17.4. The molecule has 2 aliphatic heterocycles. The molecule has 0 spiro atoms. The molecule has 0 aromatic heterocycles. The number of allylic oxidation sites excluding steroid dienone is 5. The zero-order valence-corrected chi connectivity index (χ0v) is 12.6. The second kappa shape index (κ2) is 6.13. The highest BCUT2D eigenvalue weighted by Gasteiger charge is 2.40. The molecule has 0 atom stereocenters. The zero-order valence-electron chi connectivity index (χ0n) is 11.8. The largest absolute Gasteiger partial charge is 0.431 e. The minimum atomic E-state index is -4.71. The van der Waals surface area contributed by atoms with Crippen molar-refractivity contribution in [2.75, 3.05) is 13.2 Å². The lowest BCUT2D eigenvalue weighted by molar-refractivity contribution is -0.123. The first kappa shape index (κ1) is 17.2. The molecule has 3 N–H and O–H groups in total. The van der Waals surface area contributed by atoms with E-state index in [1.54, 1.807) is 0 Å². The van der Waals surface area contributed by atoms with Gasteiger partial charge in [0.15, 0.2) is 5.11 Å². The minimum absolute atomic E-state index is 0.144. The van der Waals surface area contributed by atoms with Crippen LogP contribution in [0.25, 0.3) is 0 Å². The molecule has 0 radical (unpaired) electrons. The number of halogens is 3. The molecular formula is C13H12F3N3O3S. The molecule has 2 heterocycles. The maximum Gasteiger partial charge on any atom is 0.431 e. The molecule has 0 aromatic rings. The Hall–Kier alpha value is -2.20. The van der Waals surface area contributed by atoms with Gasteiger partial charge in [-0.3, -0.25) is 20.2 Å². The fourth-order valence-electron chi connectivity index (χ4n) is 2.26. The van der Waals surface area contributed by atoms with E-state index in [0.29, 0.717) is 6.08 Å². The van der Waals surface area contributed by atoms with E-state index in [9.17, 15) is 22.8 Å². The first-order valence-electron chi connectivity index (χ1n) is 6.41. The van der Waals surface area contributed by atoms with Crippen LogP contribution in [0.2, 0.25) is 0 Å². The second-order valence-corrected chi connectivity index (χ2v) is 5.16. The Labute approximate surface area is 134 Å². The van der Waals surface area contributed by atoms with E-state index in [-0.39, 0.29) is 22.9 Å². The van der Waals surface area contributed by atoms with Crippen LogP contribution in [0.5, 0.6) is 0 Å². The number of carbonyl (C=O) groups excluding carboxylic acids is 2. The van der Waals surface area contributed by atoms with Gasteiger partial charge in [0.2, 0.25) is 0 Å². The summed E-state index contributed by atoms with van der Waals surface area (Å²) in [6, 6.07) is 0. The second-order valence-electron chi connectivity index (χ2n) is 4.76. The molecule has 6 nitrogen and oxygen atoms in total. The number of aliphatic hydroxyl groups is 1. The normalized spacial score (nSPS) is 19.3. The predicted octanol–water partition coefficient (Wildman–Crippen LogP) is 0.472. The highest BCUT2D eigenvalue weighted by atomic mass is 32.1. The van der Waals surface area contributed by atoms with E-state index < -0.39 is 35.9 Å². The fourth-order valence-corrected chi connectivity index (χ4v) is 2.45. The Kier molecular flexibility index (Phi) is 4.57. The van der Waals surface area contributed by atoms with Gasteiger partial charge in [-0.2, -0.15) is 13.2 Å². The standard InChI is InChI=1S/C13H12F3N3O3S/c1-6-4-7(9-10(21)17-12(23)18-11(9)22)5-8(13(14,15)16)19(6)2-3-20/h4-5,20H,2-3H2,1H3,(H2,17,18,21,22,23). The smallest absolute Gasteiger partial charge is 0.395 e. The van der Waals surface area contributed by atoms with Crippen LogP contribution >= 0.6 is 12.2 Å². The third-order valence-electron chi connectivity index (χ3n) is 3.18. The predicted molar refractivity (Wildman–Crippen MR) is 77.6 cm³/mol. The lowest BCUT2D eigenvalue weighted by atomic mass is 9.99. The van der Waals surface area contributed by atoms with E-state index in [1.165, 1.54) is 13.0 Å². The summed E-state index contributed by atoms with van der Waals surface area (Å²) in [5.74, 6) is -1.74. The van der Waals surface area contributed by atoms with Crippen molar-refractivity contribution >= 4 is 29.1 Å². The molecule has 2 aliphatic rings. The molecule has 0 unspecified atom stereocenters. The number of β-amino-alcohol motifs (C(OH)–C–C–N with tert-alkyl or cyclic N) is 1. The number of hydrogen-bond donors (Lipinski definition) is 3. The molecule has 1 saturated heterocycles. The Bertz CT molecular complexity index is 658. The number of carbonyl (C=O) groups is 2. The summed E-state index contributed by atoms with van der Waals surface area (Å²) in [5.41, 5.74) is -1.56. The highest BCUT2D eigenvalue weighted by Crippen LogP contribution is 2.35. The molecule has 0 aliphatic carbocycles. The Balaban J connectivity index is 2.57. The number of aliphatic hydroxyl groups excluding tert-OH is 1. The summed E-state index contributed by atoms with van der Waals surface area (Å²) >= 11 is 4.64. The summed E-state index contributed by atoms with van der Waals surface area (Å²) in [6.45, 7) is 0.636. The molecule has 124 valence electrons. The molecule has 0 bridgehead atoms. The van der Waals surface area contributed by atoms with Crippen LogP contribution < -0.4 is 10.6 Å². The van der Waals surface area contributed by atoms with Crippen LogP contribution in [0.1, 0.15) is 6.92 Å². The molecular weight excluding hydrogens is 335 g/mol. The van der Waals surface area contributed by atoms with Crippen LogP contribution in [0.4, 0.5) is 13.2 Å². The van der Waals surface area contributed by atoms with Gasteiger partial charge in [0.25, 0.3) is 11.8 Å². The van der Waals surface area contributed by atoms with Crippen LogP contribution in [0.15, 0.2) is 34.7 Å². The van der Waals surface area contributed by atoms with E-state index in [0.717, 1.165) is 4.90 Å². The van der Waals surface area contributed by atoms with Crippen molar-refractivity contribution in [3.8, 4) is 0 Å². The van der Waals surface area contributed by atoms with Gasteiger partial charge in [0.1, 0.15) is 11.3 Å². The molecule has 2 amide bonds. The maximum atomic E-state index is 13.2. The average molecular weight is 347 g/mol. The number of thiocarbonyl (C=S) groups is 1. The van der Waals surface area contributed by atoms with Crippen LogP contribution in [-0.2, 0) is 9.59 Å². The average Bonchev–Trinajstić information content (AvgIpc) is 2.39. The maximum absolute atomic E-state index is 13.2. The Morgan fingerprint density at radius 1 is 1.22 bits per heavy atom. The summed E-state index contributed by atoms with van der Waals surface area (Å²) in [4.78, 5) is 24.6. The number of nitrogens with one attached hydrogen (secondary N) is 2. The number of rotatable bonds is 2. The van der Waals surface area contributed by atoms with Crippen molar-refractivity contribution in [2.24, 2.45) is 0 Å². The summed E-state index contributed by atoms with van der Waals surface area (Å²) in [5, 5.41) is 13.1. The molecule has 10 heteroatoms. The number of nitrogens with zero attached hydrogens (tertiary/aromatic N) is 1. The highest BCUT2D eigenvalue weighted by molar-refractivity contribution is 7.80. The van der Waals surface area contributed by atoms with E-state index in [1.807, 2.05) is 0 Å². The third kappa shape index (κ3) is 3.42. The minimum Gasteiger partial charge on any atom is -0.395 e. The van der Waals surface area contributed by atoms with Crippen molar-refractivity contribution in [1.82, 2.24) is 15.5 Å². The lowest BCUT2D eigenvalue weighted by Crippen LogP contribution is -2.51. The third-order valence-corrected chi connectivity index (χ3v) is 3.39. The van der Waals surface area contributed by atoms with Gasteiger partial charge in [-0.25, -0.2) is 0 Å². The summed E-state index contributed by atoms with van der Waals surface area (Å²) in [6.07, 6.45) is -2.74. The summed E-state index contributed by atoms with van der Waals surface area (Å²) in [7, 11) is 0. The Morgan fingerprint density at radius 2 is 1.78 bits per heavy atom. The van der Waals surface area contributed by atoms with Crippen LogP contribution in [0, 0.1) is 0 Å². The quantitative estimate of drug-likeness (QED) is 0.384. The SMILES string of the molecule is CC1=CC(=C2C(=O)NC(=S)NC2=O)C=C(C(F)(F)F)N1CCO. The van der Waals surface area contributed by atoms with Crippen LogP contribution in [-0.4, -0.2) is 46.3 Å². The number of hydrogen-bond acceptors (Lipinski definition) is 5. The van der Waals surface area contributed by atoms with Gasteiger partial charge in [-0.15, -0.1) is 0 Å².